The first-order chi connectivity index (χ1) is 13.2. The molecule has 2 saturated heterocycles. The van der Waals surface area contributed by atoms with Crippen LogP contribution in [0.25, 0.3) is 0 Å². The SMILES string of the molecule is COc1cc(N2CCN(Cc3noc(C4CCOCC4)n3)CC2=O)ccn1. The molecule has 0 atom stereocenters. The highest BCUT2D eigenvalue weighted by Gasteiger charge is 2.27. The summed E-state index contributed by atoms with van der Waals surface area (Å²) < 4.78 is 15.9. The molecule has 9 heteroatoms. The van der Waals surface area contributed by atoms with Crippen LogP contribution in [0.3, 0.4) is 0 Å². The van der Waals surface area contributed by atoms with Gasteiger partial charge in [0.05, 0.1) is 25.9 Å². The van der Waals surface area contributed by atoms with Gasteiger partial charge in [-0.05, 0) is 18.9 Å². The van der Waals surface area contributed by atoms with Gasteiger partial charge < -0.3 is 18.9 Å². The van der Waals surface area contributed by atoms with Crippen LogP contribution in [0.5, 0.6) is 5.88 Å². The molecule has 9 nitrogen and oxygen atoms in total. The molecule has 0 aliphatic carbocycles. The van der Waals surface area contributed by atoms with E-state index in [1.165, 1.54) is 0 Å². The third kappa shape index (κ3) is 4.09. The summed E-state index contributed by atoms with van der Waals surface area (Å²) in [4.78, 5) is 25.0. The van der Waals surface area contributed by atoms with Crippen molar-refractivity contribution in [3.8, 4) is 5.88 Å². The number of nitrogens with zero attached hydrogens (tertiary/aromatic N) is 5. The normalized spacial score (nSPS) is 19.4. The highest BCUT2D eigenvalue weighted by atomic mass is 16.5. The molecule has 0 saturated carbocycles. The highest BCUT2D eigenvalue weighted by Crippen LogP contribution is 2.26. The third-order valence-electron chi connectivity index (χ3n) is 4.96. The lowest BCUT2D eigenvalue weighted by Gasteiger charge is -2.33. The first kappa shape index (κ1) is 17.9. The van der Waals surface area contributed by atoms with Gasteiger partial charge in [-0.2, -0.15) is 4.98 Å². The predicted octanol–water partition coefficient (Wildman–Crippen LogP) is 1.22. The second-order valence-electron chi connectivity index (χ2n) is 6.75. The molecule has 0 N–H and O–H groups in total. The summed E-state index contributed by atoms with van der Waals surface area (Å²) in [6.07, 6.45) is 3.47. The molecule has 144 valence electrons. The summed E-state index contributed by atoms with van der Waals surface area (Å²) in [5, 5.41) is 4.09. The number of carbonyl (C=O) groups excluding carboxylic acids is 1. The van der Waals surface area contributed by atoms with Crippen molar-refractivity contribution in [1.82, 2.24) is 20.0 Å². The second kappa shape index (κ2) is 8.01. The maximum Gasteiger partial charge on any atom is 0.241 e. The Morgan fingerprint density at radius 2 is 2.15 bits per heavy atom. The predicted molar refractivity (Wildman–Crippen MR) is 95.5 cm³/mol. The first-order valence-corrected chi connectivity index (χ1v) is 9.16. The first-order valence-electron chi connectivity index (χ1n) is 9.16. The zero-order chi connectivity index (χ0) is 18.6. The van der Waals surface area contributed by atoms with Gasteiger partial charge in [0, 0.05) is 44.5 Å². The van der Waals surface area contributed by atoms with Gasteiger partial charge >= 0.3 is 0 Å². The molecule has 0 unspecified atom stereocenters. The van der Waals surface area contributed by atoms with Crippen LogP contribution in [0.4, 0.5) is 5.69 Å². The van der Waals surface area contributed by atoms with Crippen molar-refractivity contribution >= 4 is 11.6 Å². The average Bonchev–Trinajstić information content (AvgIpc) is 3.17. The van der Waals surface area contributed by atoms with Crippen molar-refractivity contribution in [3.05, 3.63) is 30.0 Å². The molecule has 2 aliphatic heterocycles. The number of rotatable bonds is 5. The fourth-order valence-electron chi connectivity index (χ4n) is 3.45. The van der Waals surface area contributed by atoms with Crippen LogP contribution in [-0.2, 0) is 16.1 Å². The zero-order valence-electron chi connectivity index (χ0n) is 15.3. The molecule has 4 heterocycles. The number of anilines is 1. The van der Waals surface area contributed by atoms with E-state index in [1.54, 1.807) is 24.3 Å². The molecule has 0 radical (unpaired) electrons. The molecule has 2 aromatic heterocycles. The van der Waals surface area contributed by atoms with E-state index in [1.807, 2.05) is 11.0 Å². The Morgan fingerprint density at radius 1 is 1.30 bits per heavy atom. The average molecular weight is 373 g/mol. The summed E-state index contributed by atoms with van der Waals surface area (Å²) in [5.41, 5.74) is 0.799. The maximum absolute atomic E-state index is 12.6. The summed E-state index contributed by atoms with van der Waals surface area (Å²) >= 11 is 0. The number of aromatic nitrogens is 3. The quantitative estimate of drug-likeness (QED) is 0.772. The minimum Gasteiger partial charge on any atom is -0.481 e. The second-order valence-corrected chi connectivity index (χ2v) is 6.75. The van der Waals surface area contributed by atoms with E-state index in [2.05, 4.69) is 15.1 Å². The summed E-state index contributed by atoms with van der Waals surface area (Å²) in [5.74, 6) is 2.11. The van der Waals surface area contributed by atoms with Crippen LogP contribution in [0.1, 0.15) is 30.5 Å². The number of ether oxygens (including phenoxy) is 2. The topological polar surface area (TPSA) is 93.8 Å². The number of piperazine rings is 1. The van der Waals surface area contributed by atoms with Crippen LogP contribution in [0, 0.1) is 0 Å². The fraction of sp³-hybridized carbons (Fsp3) is 0.556. The smallest absolute Gasteiger partial charge is 0.241 e. The van der Waals surface area contributed by atoms with Crippen LogP contribution in [-0.4, -0.2) is 65.9 Å². The van der Waals surface area contributed by atoms with E-state index >= 15 is 0 Å². The van der Waals surface area contributed by atoms with Crippen molar-refractivity contribution in [2.75, 3.05) is 44.9 Å². The van der Waals surface area contributed by atoms with Gasteiger partial charge in [0.15, 0.2) is 5.82 Å². The number of hydrogen-bond donors (Lipinski definition) is 0. The number of pyridine rings is 1. The van der Waals surface area contributed by atoms with Crippen molar-refractivity contribution in [3.63, 3.8) is 0 Å². The van der Waals surface area contributed by atoms with Gasteiger partial charge in [0.2, 0.25) is 17.7 Å². The van der Waals surface area contributed by atoms with E-state index in [4.69, 9.17) is 14.0 Å². The number of hydrogen-bond acceptors (Lipinski definition) is 8. The van der Waals surface area contributed by atoms with Crippen LogP contribution in [0.15, 0.2) is 22.9 Å². The Labute approximate surface area is 157 Å². The largest absolute Gasteiger partial charge is 0.481 e. The molecular weight excluding hydrogens is 350 g/mol. The minimum absolute atomic E-state index is 0.0302. The Morgan fingerprint density at radius 3 is 2.93 bits per heavy atom. The van der Waals surface area contributed by atoms with Gasteiger partial charge in [-0.15, -0.1) is 0 Å². The lowest BCUT2D eigenvalue weighted by Crippen LogP contribution is -2.50. The summed E-state index contributed by atoms with van der Waals surface area (Å²) in [6.45, 7) is 3.61. The summed E-state index contributed by atoms with van der Waals surface area (Å²) in [6, 6.07) is 3.59. The molecule has 27 heavy (non-hydrogen) atoms. The number of methoxy groups -OCH3 is 1. The van der Waals surface area contributed by atoms with Gasteiger partial charge in [0.1, 0.15) is 0 Å². The van der Waals surface area contributed by atoms with Crippen LogP contribution < -0.4 is 9.64 Å². The molecule has 0 spiro atoms. The fourth-order valence-corrected chi connectivity index (χ4v) is 3.45. The van der Waals surface area contributed by atoms with Crippen LogP contribution >= 0.6 is 0 Å². The Kier molecular flexibility index (Phi) is 5.30. The van der Waals surface area contributed by atoms with Gasteiger partial charge in [-0.1, -0.05) is 5.16 Å². The molecule has 0 bridgehead atoms. The molecule has 1 amide bonds. The minimum atomic E-state index is 0.0302. The Bertz CT molecular complexity index is 790. The molecule has 0 aromatic carbocycles. The highest BCUT2D eigenvalue weighted by molar-refractivity contribution is 5.95. The summed E-state index contributed by atoms with van der Waals surface area (Å²) in [7, 11) is 1.56. The van der Waals surface area contributed by atoms with Crippen molar-refractivity contribution in [1.29, 1.82) is 0 Å². The monoisotopic (exact) mass is 373 g/mol. The Hall–Kier alpha value is -2.52. The lowest BCUT2D eigenvalue weighted by atomic mass is 10.0. The van der Waals surface area contributed by atoms with Gasteiger partial charge in [-0.3, -0.25) is 9.69 Å². The van der Waals surface area contributed by atoms with Crippen molar-refractivity contribution in [2.24, 2.45) is 0 Å². The third-order valence-corrected chi connectivity index (χ3v) is 4.96. The maximum atomic E-state index is 12.6. The van der Waals surface area contributed by atoms with Crippen LogP contribution in [0.2, 0.25) is 0 Å². The molecule has 2 fully saturated rings. The molecule has 2 aromatic rings. The molecule has 4 rings (SSSR count). The Balaban J connectivity index is 1.36. The number of carbonyl (C=O) groups is 1. The van der Waals surface area contributed by atoms with E-state index < -0.39 is 0 Å². The van der Waals surface area contributed by atoms with Gasteiger partial charge in [0.25, 0.3) is 0 Å². The number of amides is 1. The van der Waals surface area contributed by atoms with Crippen molar-refractivity contribution < 1.29 is 18.8 Å². The van der Waals surface area contributed by atoms with Gasteiger partial charge in [-0.25, -0.2) is 4.98 Å². The molecule has 2 aliphatic rings. The van der Waals surface area contributed by atoms with E-state index in [9.17, 15) is 4.79 Å². The van der Waals surface area contributed by atoms with E-state index in [-0.39, 0.29) is 11.8 Å². The van der Waals surface area contributed by atoms with Crippen molar-refractivity contribution in [2.45, 2.75) is 25.3 Å². The van der Waals surface area contributed by atoms with E-state index in [0.717, 1.165) is 38.3 Å². The lowest BCUT2D eigenvalue weighted by molar-refractivity contribution is -0.121. The standard InChI is InChI=1S/C18H23N5O4/c1-25-16-10-14(2-5-19-16)23-7-6-22(12-17(23)24)11-15-20-18(27-21-15)13-3-8-26-9-4-13/h2,5,10,13H,3-4,6-9,11-12H2,1H3. The van der Waals surface area contributed by atoms with E-state index in [0.29, 0.717) is 37.2 Å². The molecular formula is C18H23N5O4. The zero-order valence-corrected chi connectivity index (χ0v) is 15.3.